The lowest BCUT2D eigenvalue weighted by molar-refractivity contribution is 0.282. The van der Waals surface area contributed by atoms with Crippen molar-refractivity contribution in [3.63, 3.8) is 0 Å². The molecule has 0 atom stereocenters. The summed E-state index contributed by atoms with van der Waals surface area (Å²) in [6.45, 7) is 2.47. The molecule has 0 aliphatic carbocycles. The van der Waals surface area contributed by atoms with Crippen LogP contribution < -0.4 is 9.47 Å². The zero-order valence-corrected chi connectivity index (χ0v) is 19.8. The van der Waals surface area contributed by atoms with E-state index in [1.54, 1.807) is 7.11 Å². The summed E-state index contributed by atoms with van der Waals surface area (Å²) in [4.78, 5) is 0. The predicted octanol–water partition coefficient (Wildman–Crippen LogP) is 7.01. The van der Waals surface area contributed by atoms with Crippen LogP contribution in [-0.4, -0.2) is 7.11 Å². The minimum Gasteiger partial charge on any atom is -0.493 e. The Hall–Kier alpha value is -2.30. The van der Waals surface area contributed by atoms with Crippen LogP contribution in [0, 0.1) is 21.8 Å². The van der Waals surface area contributed by atoms with E-state index in [1.807, 2.05) is 73.7 Å². The Balaban J connectivity index is 1.88. The smallest absolute Gasteiger partial charge is 0.174 e. The minimum atomic E-state index is 0.446. The minimum absolute atomic E-state index is 0.446. The van der Waals surface area contributed by atoms with Gasteiger partial charge < -0.3 is 9.47 Å². The first-order valence-corrected chi connectivity index (χ1v) is 10.8. The van der Waals surface area contributed by atoms with Crippen LogP contribution in [0.25, 0.3) is 11.6 Å². The van der Waals surface area contributed by atoms with E-state index in [4.69, 9.17) is 9.47 Å². The Morgan fingerprint density at radius 1 is 1.10 bits per heavy atom. The van der Waals surface area contributed by atoms with Crippen molar-refractivity contribution in [1.82, 2.24) is 0 Å². The molecule has 3 rings (SSSR count). The van der Waals surface area contributed by atoms with Crippen LogP contribution in [0.5, 0.6) is 11.5 Å². The maximum Gasteiger partial charge on any atom is 0.174 e. The third kappa shape index (κ3) is 5.62. The molecule has 3 aromatic rings. The van der Waals surface area contributed by atoms with Crippen LogP contribution in [0.4, 0.5) is 0 Å². The summed E-state index contributed by atoms with van der Waals surface area (Å²) >= 11 is 5.68. The van der Waals surface area contributed by atoms with Crippen LogP contribution in [-0.2, 0) is 6.61 Å². The lowest BCUT2D eigenvalue weighted by atomic mass is 10.0. The number of hydrogen-bond donors (Lipinski definition) is 0. The standard InChI is InChI=1S/C24H19BrINO2/c1-16-3-7-19(8-4-16)20(14-27)11-18-12-22(26)24(23(13-18)28-2)29-15-17-5-9-21(25)10-6-17/h3-13H,15H2,1-2H3/b20-11+. The highest BCUT2D eigenvalue weighted by Crippen LogP contribution is 2.35. The number of allylic oxidation sites excluding steroid dienone is 1. The quantitative estimate of drug-likeness (QED) is 0.185. The van der Waals surface area contributed by atoms with Gasteiger partial charge in [-0.05, 0) is 76.5 Å². The molecule has 0 radical (unpaired) electrons. The van der Waals surface area contributed by atoms with Crippen LogP contribution >= 0.6 is 38.5 Å². The number of methoxy groups -OCH3 is 1. The highest BCUT2D eigenvalue weighted by Gasteiger charge is 2.12. The fourth-order valence-corrected chi connectivity index (χ4v) is 3.82. The summed E-state index contributed by atoms with van der Waals surface area (Å²) in [7, 11) is 1.62. The van der Waals surface area contributed by atoms with Gasteiger partial charge in [0.2, 0.25) is 0 Å². The molecule has 0 heterocycles. The number of rotatable bonds is 6. The summed E-state index contributed by atoms with van der Waals surface area (Å²) < 4.78 is 13.6. The molecule has 29 heavy (non-hydrogen) atoms. The Kier molecular flexibility index (Phi) is 7.34. The maximum atomic E-state index is 9.61. The van der Waals surface area contributed by atoms with E-state index < -0.39 is 0 Å². The molecule has 0 saturated heterocycles. The number of ether oxygens (including phenoxy) is 2. The molecule has 3 aromatic carbocycles. The molecular formula is C24H19BrINO2. The monoisotopic (exact) mass is 559 g/mol. The second-order valence-electron chi connectivity index (χ2n) is 6.49. The van der Waals surface area contributed by atoms with Crippen LogP contribution in [0.15, 0.2) is 65.1 Å². The molecule has 0 aromatic heterocycles. The summed E-state index contributed by atoms with van der Waals surface area (Å²) in [5, 5.41) is 9.61. The van der Waals surface area contributed by atoms with Crippen molar-refractivity contribution in [1.29, 1.82) is 5.26 Å². The predicted molar refractivity (Wildman–Crippen MR) is 129 cm³/mol. The van der Waals surface area contributed by atoms with Gasteiger partial charge in [0.1, 0.15) is 6.61 Å². The third-order valence-electron chi connectivity index (χ3n) is 4.34. The molecule has 3 nitrogen and oxygen atoms in total. The Bertz CT molecular complexity index is 1070. The molecule has 0 aliphatic heterocycles. The van der Waals surface area contributed by atoms with E-state index in [9.17, 15) is 5.26 Å². The topological polar surface area (TPSA) is 42.2 Å². The fourth-order valence-electron chi connectivity index (χ4n) is 2.78. The van der Waals surface area contributed by atoms with Gasteiger partial charge in [0.05, 0.1) is 22.3 Å². The molecule has 0 saturated carbocycles. The van der Waals surface area contributed by atoms with Crippen LogP contribution in [0.3, 0.4) is 0 Å². The molecule has 0 amide bonds. The van der Waals surface area contributed by atoms with Crippen LogP contribution in [0.1, 0.15) is 22.3 Å². The van der Waals surface area contributed by atoms with E-state index >= 15 is 0 Å². The van der Waals surface area contributed by atoms with Gasteiger partial charge in [-0.25, -0.2) is 0 Å². The van der Waals surface area contributed by atoms with Gasteiger partial charge in [-0.15, -0.1) is 0 Å². The first-order valence-electron chi connectivity index (χ1n) is 8.94. The van der Waals surface area contributed by atoms with Crippen molar-refractivity contribution in [2.45, 2.75) is 13.5 Å². The van der Waals surface area contributed by atoms with Gasteiger partial charge >= 0.3 is 0 Å². The molecular weight excluding hydrogens is 541 g/mol. The molecule has 0 unspecified atom stereocenters. The van der Waals surface area contributed by atoms with Crippen LogP contribution in [0.2, 0.25) is 0 Å². The normalized spacial score (nSPS) is 11.1. The van der Waals surface area contributed by atoms with Gasteiger partial charge in [-0.3, -0.25) is 0 Å². The highest BCUT2D eigenvalue weighted by atomic mass is 127. The zero-order chi connectivity index (χ0) is 20.8. The largest absolute Gasteiger partial charge is 0.493 e. The number of nitrogens with zero attached hydrogens (tertiary/aromatic N) is 1. The van der Waals surface area contributed by atoms with Crippen molar-refractivity contribution in [2.24, 2.45) is 0 Å². The molecule has 5 heteroatoms. The maximum absolute atomic E-state index is 9.61. The summed E-state index contributed by atoms with van der Waals surface area (Å²) in [6.07, 6.45) is 1.87. The Labute approximate surface area is 193 Å². The molecule has 146 valence electrons. The lowest BCUT2D eigenvalue weighted by Gasteiger charge is -2.14. The number of aryl methyl sites for hydroxylation is 1. The van der Waals surface area contributed by atoms with Crippen molar-refractivity contribution < 1.29 is 9.47 Å². The lowest BCUT2D eigenvalue weighted by Crippen LogP contribution is -2.00. The van der Waals surface area contributed by atoms with Crippen molar-refractivity contribution >= 4 is 50.2 Å². The van der Waals surface area contributed by atoms with Crippen molar-refractivity contribution in [3.05, 3.63) is 91.0 Å². The van der Waals surface area contributed by atoms with E-state index in [1.165, 1.54) is 0 Å². The average Bonchev–Trinajstić information content (AvgIpc) is 2.72. The molecule has 0 N–H and O–H groups in total. The number of nitriles is 1. The van der Waals surface area contributed by atoms with Gasteiger partial charge in [0.25, 0.3) is 0 Å². The summed E-state index contributed by atoms with van der Waals surface area (Å²) in [5.41, 5.74) is 4.61. The number of halogens is 2. The number of benzene rings is 3. The fraction of sp³-hybridized carbons (Fsp3) is 0.125. The van der Waals surface area contributed by atoms with E-state index in [2.05, 4.69) is 44.6 Å². The molecule has 0 aliphatic rings. The first-order chi connectivity index (χ1) is 14.0. The second kappa shape index (κ2) is 9.95. The van der Waals surface area contributed by atoms with Gasteiger partial charge in [0.15, 0.2) is 11.5 Å². The Morgan fingerprint density at radius 3 is 2.41 bits per heavy atom. The third-order valence-corrected chi connectivity index (χ3v) is 5.67. The SMILES string of the molecule is COc1cc(/C=C(\C#N)c2ccc(C)cc2)cc(I)c1OCc1ccc(Br)cc1. The second-order valence-corrected chi connectivity index (χ2v) is 8.56. The number of hydrogen-bond acceptors (Lipinski definition) is 3. The summed E-state index contributed by atoms with van der Waals surface area (Å²) in [5.74, 6) is 1.34. The average molecular weight is 560 g/mol. The highest BCUT2D eigenvalue weighted by molar-refractivity contribution is 14.1. The molecule has 0 bridgehead atoms. The van der Waals surface area contributed by atoms with E-state index in [0.29, 0.717) is 23.7 Å². The van der Waals surface area contributed by atoms with Crippen molar-refractivity contribution in [3.8, 4) is 17.6 Å². The van der Waals surface area contributed by atoms with Crippen molar-refractivity contribution in [2.75, 3.05) is 7.11 Å². The zero-order valence-electron chi connectivity index (χ0n) is 16.1. The Morgan fingerprint density at radius 2 is 1.79 bits per heavy atom. The van der Waals surface area contributed by atoms with Gasteiger partial charge in [-0.2, -0.15) is 5.26 Å². The van der Waals surface area contributed by atoms with Gasteiger partial charge in [-0.1, -0.05) is 57.9 Å². The van der Waals surface area contributed by atoms with E-state index in [0.717, 1.165) is 30.3 Å². The molecule has 0 spiro atoms. The first kappa shape index (κ1) is 21.4. The molecule has 0 fully saturated rings. The van der Waals surface area contributed by atoms with E-state index in [-0.39, 0.29) is 0 Å². The van der Waals surface area contributed by atoms with Gasteiger partial charge in [0, 0.05) is 4.47 Å². The summed E-state index contributed by atoms with van der Waals surface area (Å²) in [6, 6.07) is 22.1.